The molecule has 0 aliphatic heterocycles. The van der Waals surface area contributed by atoms with E-state index in [1.54, 1.807) is 12.5 Å². The van der Waals surface area contributed by atoms with E-state index in [-0.39, 0.29) is 5.91 Å². The summed E-state index contributed by atoms with van der Waals surface area (Å²) in [7, 11) is 0. The Bertz CT molecular complexity index is 1030. The number of benzene rings is 2. The van der Waals surface area contributed by atoms with E-state index in [1.165, 1.54) is 11.1 Å². The van der Waals surface area contributed by atoms with Crippen molar-refractivity contribution in [2.24, 2.45) is 0 Å². The molecule has 0 bridgehead atoms. The van der Waals surface area contributed by atoms with Gasteiger partial charge in [-0.05, 0) is 36.2 Å². The predicted octanol–water partition coefficient (Wildman–Crippen LogP) is 3.65. The van der Waals surface area contributed by atoms with Crippen LogP contribution < -0.4 is 5.32 Å². The summed E-state index contributed by atoms with van der Waals surface area (Å²) in [6.07, 6.45) is 5.52. The van der Waals surface area contributed by atoms with E-state index >= 15 is 0 Å². The summed E-state index contributed by atoms with van der Waals surface area (Å²) in [4.78, 5) is 19.6. The van der Waals surface area contributed by atoms with Crippen molar-refractivity contribution in [1.29, 1.82) is 0 Å². The van der Waals surface area contributed by atoms with E-state index in [1.807, 2.05) is 48.0 Å². The van der Waals surface area contributed by atoms with Crippen LogP contribution in [0.3, 0.4) is 0 Å². The average molecular weight is 344 g/mol. The molecule has 0 fully saturated rings. The molecule has 2 heterocycles. The van der Waals surface area contributed by atoms with Gasteiger partial charge >= 0.3 is 0 Å². The SMILES string of the molecule is Cc1ccc2[nH]c(C(=O)NCc3ccc(Cn4ccnc4)cc3)cc2c1. The zero-order chi connectivity index (χ0) is 17.9. The number of nitrogens with one attached hydrogen (secondary N) is 2. The number of fused-ring (bicyclic) bond motifs is 1. The molecule has 4 rings (SSSR count). The van der Waals surface area contributed by atoms with Crippen LogP contribution in [0.1, 0.15) is 27.2 Å². The Morgan fingerprint density at radius 1 is 1.12 bits per heavy atom. The molecule has 2 aromatic carbocycles. The molecule has 0 saturated carbocycles. The molecule has 2 N–H and O–H groups in total. The summed E-state index contributed by atoms with van der Waals surface area (Å²) in [5.74, 6) is -0.0960. The molecule has 0 saturated heterocycles. The molecule has 4 aromatic rings. The Morgan fingerprint density at radius 3 is 2.69 bits per heavy atom. The number of carbonyl (C=O) groups is 1. The lowest BCUT2D eigenvalue weighted by atomic mass is 10.1. The maximum Gasteiger partial charge on any atom is 0.267 e. The van der Waals surface area contributed by atoms with E-state index in [0.29, 0.717) is 12.2 Å². The highest BCUT2D eigenvalue weighted by Crippen LogP contribution is 2.17. The zero-order valence-corrected chi connectivity index (χ0v) is 14.6. The van der Waals surface area contributed by atoms with Crippen molar-refractivity contribution < 1.29 is 4.79 Å². The van der Waals surface area contributed by atoms with Gasteiger partial charge in [-0.2, -0.15) is 0 Å². The van der Waals surface area contributed by atoms with Gasteiger partial charge in [-0.25, -0.2) is 4.98 Å². The maximum absolute atomic E-state index is 12.4. The number of aromatic amines is 1. The third-order valence-corrected chi connectivity index (χ3v) is 4.42. The Balaban J connectivity index is 1.38. The molecule has 0 unspecified atom stereocenters. The van der Waals surface area contributed by atoms with Gasteiger partial charge in [-0.1, -0.05) is 35.9 Å². The van der Waals surface area contributed by atoms with Crippen LogP contribution in [-0.4, -0.2) is 20.4 Å². The largest absolute Gasteiger partial charge is 0.351 e. The molecule has 2 aromatic heterocycles. The lowest BCUT2D eigenvalue weighted by Gasteiger charge is -2.06. The van der Waals surface area contributed by atoms with Gasteiger partial charge in [0.05, 0.1) is 6.33 Å². The van der Waals surface area contributed by atoms with Crippen molar-refractivity contribution in [2.45, 2.75) is 20.0 Å². The van der Waals surface area contributed by atoms with Crippen LogP contribution in [-0.2, 0) is 13.1 Å². The number of amides is 1. The quantitative estimate of drug-likeness (QED) is 0.580. The molecule has 1 amide bonds. The van der Waals surface area contributed by atoms with Crippen LogP contribution in [0.15, 0.2) is 67.3 Å². The fraction of sp³-hybridized carbons (Fsp3) is 0.143. The molecule has 0 spiro atoms. The molecular formula is C21H20N4O. The summed E-state index contributed by atoms with van der Waals surface area (Å²) < 4.78 is 2.02. The van der Waals surface area contributed by atoms with Crippen molar-refractivity contribution >= 4 is 16.8 Å². The van der Waals surface area contributed by atoms with E-state index in [0.717, 1.165) is 23.0 Å². The van der Waals surface area contributed by atoms with Crippen LogP contribution in [0.4, 0.5) is 0 Å². The maximum atomic E-state index is 12.4. The fourth-order valence-electron chi connectivity index (χ4n) is 3.01. The summed E-state index contributed by atoms with van der Waals surface area (Å²) in [6.45, 7) is 3.34. The highest BCUT2D eigenvalue weighted by atomic mass is 16.1. The van der Waals surface area contributed by atoms with Crippen LogP contribution in [0.25, 0.3) is 10.9 Å². The van der Waals surface area contributed by atoms with Crippen molar-refractivity contribution in [3.63, 3.8) is 0 Å². The topological polar surface area (TPSA) is 62.7 Å². The minimum Gasteiger partial charge on any atom is -0.351 e. The van der Waals surface area contributed by atoms with Gasteiger partial charge in [0.1, 0.15) is 5.69 Å². The first-order valence-corrected chi connectivity index (χ1v) is 8.58. The Morgan fingerprint density at radius 2 is 1.92 bits per heavy atom. The molecule has 0 radical (unpaired) electrons. The molecule has 0 aliphatic rings. The third kappa shape index (κ3) is 3.52. The van der Waals surface area contributed by atoms with E-state index in [2.05, 4.69) is 33.5 Å². The smallest absolute Gasteiger partial charge is 0.267 e. The van der Waals surface area contributed by atoms with Crippen molar-refractivity contribution in [2.75, 3.05) is 0 Å². The standard InChI is InChI=1S/C21H20N4O/c1-15-2-7-19-18(10-15)11-20(24-19)21(26)23-12-16-3-5-17(6-4-16)13-25-9-8-22-14-25/h2-11,14,24H,12-13H2,1H3,(H,23,26). The monoisotopic (exact) mass is 344 g/mol. The summed E-state index contributed by atoms with van der Waals surface area (Å²) >= 11 is 0. The van der Waals surface area contributed by atoms with Crippen molar-refractivity contribution in [1.82, 2.24) is 19.9 Å². The number of imidazole rings is 1. The summed E-state index contributed by atoms with van der Waals surface area (Å²) in [5.41, 5.74) is 5.01. The second-order valence-corrected chi connectivity index (χ2v) is 6.51. The van der Waals surface area contributed by atoms with Gasteiger partial charge in [-0.15, -0.1) is 0 Å². The number of nitrogens with zero attached hydrogens (tertiary/aromatic N) is 2. The van der Waals surface area contributed by atoms with Crippen molar-refractivity contribution in [3.05, 3.63) is 89.6 Å². The van der Waals surface area contributed by atoms with Gasteiger partial charge < -0.3 is 14.9 Å². The number of aryl methyl sites for hydroxylation is 1. The van der Waals surface area contributed by atoms with Gasteiger partial charge in [0.25, 0.3) is 5.91 Å². The zero-order valence-electron chi connectivity index (χ0n) is 14.6. The average Bonchev–Trinajstić information content (AvgIpc) is 3.30. The second kappa shape index (κ2) is 6.88. The Kier molecular flexibility index (Phi) is 4.27. The molecule has 0 aliphatic carbocycles. The van der Waals surface area contributed by atoms with E-state index in [4.69, 9.17) is 0 Å². The molecular weight excluding hydrogens is 324 g/mol. The number of hydrogen-bond donors (Lipinski definition) is 2. The first kappa shape index (κ1) is 16.1. The third-order valence-electron chi connectivity index (χ3n) is 4.42. The lowest BCUT2D eigenvalue weighted by molar-refractivity contribution is 0.0947. The number of H-pyrrole nitrogens is 1. The van der Waals surface area contributed by atoms with E-state index in [9.17, 15) is 4.79 Å². The van der Waals surface area contributed by atoms with Crippen LogP contribution >= 0.6 is 0 Å². The fourth-order valence-corrected chi connectivity index (χ4v) is 3.01. The van der Waals surface area contributed by atoms with Gasteiger partial charge in [0.15, 0.2) is 0 Å². The van der Waals surface area contributed by atoms with E-state index < -0.39 is 0 Å². The molecule has 130 valence electrons. The summed E-state index contributed by atoms with van der Waals surface area (Å²) in [5, 5.41) is 4.03. The normalized spacial score (nSPS) is 11.0. The predicted molar refractivity (Wildman–Crippen MR) is 102 cm³/mol. The molecule has 0 atom stereocenters. The Labute approximate surface area is 151 Å². The molecule has 26 heavy (non-hydrogen) atoms. The van der Waals surface area contributed by atoms with Gasteiger partial charge in [0, 0.05) is 36.4 Å². The lowest BCUT2D eigenvalue weighted by Crippen LogP contribution is -2.23. The van der Waals surface area contributed by atoms with Crippen molar-refractivity contribution in [3.8, 4) is 0 Å². The number of hydrogen-bond acceptors (Lipinski definition) is 2. The number of aromatic nitrogens is 3. The van der Waals surface area contributed by atoms with Crippen LogP contribution in [0.2, 0.25) is 0 Å². The van der Waals surface area contributed by atoms with Crippen LogP contribution in [0, 0.1) is 6.92 Å². The highest BCUT2D eigenvalue weighted by molar-refractivity contribution is 5.98. The van der Waals surface area contributed by atoms with Gasteiger partial charge in [-0.3, -0.25) is 4.79 Å². The first-order valence-electron chi connectivity index (χ1n) is 8.58. The Hall–Kier alpha value is -3.34. The van der Waals surface area contributed by atoms with Crippen LogP contribution in [0.5, 0.6) is 0 Å². The minimum atomic E-state index is -0.0960. The summed E-state index contributed by atoms with van der Waals surface area (Å²) in [6, 6.07) is 16.2. The number of rotatable bonds is 5. The molecule has 5 nitrogen and oxygen atoms in total. The minimum absolute atomic E-state index is 0.0960. The molecule has 5 heteroatoms. The second-order valence-electron chi connectivity index (χ2n) is 6.51. The first-order chi connectivity index (χ1) is 12.7. The van der Waals surface area contributed by atoms with Gasteiger partial charge in [0.2, 0.25) is 0 Å². The highest BCUT2D eigenvalue weighted by Gasteiger charge is 2.09. The number of carbonyl (C=O) groups excluding carboxylic acids is 1.